The number of nitrogens with one attached hydrogen (secondary N) is 2. The molecule has 0 unspecified atom stereocenters. The third kappa shape index (κ3) is 5.79. The van der Waals surface area contributed by atoms with Crippen LogP contribution in [0, 0.1) is 0 Å². The number of halogens is 1. The lowest BCUT2D eigenvalue weighted by atomic mass is 10.2. The molecule has 122 valence electrons. The van der Waals surface area contributed by atoms with E-state index in [4.69, 9.17) is 16.3 Å². The summed E-state index contributed by atoms with van der Waals surface area (Å²) < 4.78 is 5.05. The van der Waals surface area contributed by atoms with Crippen molar-refractivity contribution in [3.8, 4) is 5.88 Å². The number of aromatic nitrogens is 1. The predicted octanol–water partition coefficient (Wildman–Crippen LogP) is 3.00. The summed E-state index contributed by atoms with van der Waals surface area (Å²) in [7, 11) is 1.60. The van der Waals surface area contributed by atoms with Crippen LogP contribution in [-0.4, -0.2) is 24.6 Å². The topological polar surface area (TPSA) is 58.5 Å². The van der Waals surface area contributed by atoms with Crippen LogP contribution in [0.3, 0.4) is 0 Å². The number of aliphatic imine (C=N–C) groups is 1. The molecule has 5 nitrogen and oxygen atoms in total. The van der Waals surface area contributed by atoms with Gasteiger partial charge in [-0.1, -0.05) is 29.8 Å². The summed E-state index contributed by atoms with van der Waals surface area (Å²) in [4.78, 5) is 8.73. The molecule has 1 aromatic carbocycles. The zero-order chi connectivity index (χ0) is 16.5. The second-order valence-corrected chi connectivity index (χ2v) is 5.32. The van der Waals surface area contributed by atoms with Crippen LogP contribution < -0.4 is 15.4 Å². The molecule has 23 heavy (non-hydrogen) atoms. The Labute approximate surface area is 141 Å². The van der Waals surface area contributed by atoms with Crippen molar-refractivity contribution in [2.24, 2.45) is 4.99 Å². The number of guanidine groups is 1. The number of pyridine rings is 1. The Kier molecular flexibility index (Phi) is 6.69. The van der Waals surface area contributed by atoms with Gasteiger partial charge in [0.25, 0.3) is 0 Å². The van der Waals surface area contributed by atoms with Crippen molar-refractivity contribution < 1.29 is 4.74 Å². The quantitative estimate of drug-likeness (QED) is 0.630. The van der Waals surface area contributed by atoms with E-state index in [1.165, 1.54) is 0 Å². The minimum atomic E-state index is 0.544. The van der Waals surface area contributed by atoms with Gasteiger partial charge in [0.1, 0.15) is 0 Å². The highest BCUT2D eigenvalue weighted by Gasteiger charge is 2.00. The second-order valence-electron chi connectivity index (χ2n) is 4.89. The van der Waals surface area contributed by atoms with Gasteiger partial charge < -0.3 is 15.4 Å². The van der Waals surface area contributed by atoms with E-state index in [1.807, 2.05) is 43.3 Å². The van der Waals surface area contributed by atoms with Crippen molar-refractivity contribution in [3.63, 3.8) is 0 Å². The lowest BCUT2D eigenvalue weighted by molar-refractivity contribution is 0.397. The van der Waals surface area contributed by atoms with Crippen molar-refractivity contribution in [3.05, 3.63) is 58.7 Å². The second kappa shape index (κ2) is 9.00. The standard InChI is InChI=1S/C17H21ClN4O/c1-3-19-17(21-10-13-5-4-6-15(18)9-13)22-12-14-7-8-16(23-2)20-11-14/h4-9,11H,3,10,12H2,1-2H3,(H2,19,21,22). The third-order valence-electron chi connectivity index (χ3n) is 3.12. The molecular formula is C17H21ClN4O. The Morgan fingerprint density at radius 3 is 2.74 bits per heavy atom. The summed E-state index contributed by atoms with van der Waals surface area (Å²) in [5.74, 6) is 1.35. The highest BCUT2D eigenvalue weighted by Crippen LogP contribution is 2.10. The Bertz CT molecular complexity index is 643. The zero-order valence-electron chi connectivity index (χ0n) is 13.3. The zero-order valence-corrected chi connectivity index (χ0v) is 14.1. The molecule has 0 aliphatic heterocycles. The number of methoxy groups -OCH3 is 1. The number of hydrogen-bond acceptors (Lipinski definition) is 3. The first-order chi connectivity index (χ1) is 11.2. The summed E-state index contributed by atoms with van der Waals surface area (Å²) in [6.45, 7) is 4.03. The number of nitrogens with zero attached hydrogens (tertiary/aromatic N) is 2. The maximum atomic E-state index is 6.00. The molecule has 0 radical (unpaired) electrons. The molecule has 0 bridgehead atoms. The number of rotatable bonds is 6. The first-order valence-electron chi connectivity index (χ1n) is 7.47. The van der Waals surface area contributed by atoms with Gasteiger partial charge in [-0.2, -0.15) is 0 Å². The van der Waals surface area contributed by atoms with Gasteiger partial charge >= 0.3 is 0 Å². The smallest absolute Gasteiger partial charge is 0.212 e. The maximum Gasteiger partial charge on any atom is 0.212 e. The van der Waals surface area contributed by atoms with E-state index in [9.17, 15) is 0 Å². The van der Waals surface area contributed by atoms with E-state index in [0.29, 0.717) is 19.0 Å². The summed E-state index contributed by atoms with van der Waals surface area (Å²) >= 11 is 6.00. The lowest BCUT2D eigenvalue weighted by Crippen LogP contribution is -2.36. The first kappa shape index (κ1) is 17.1. The van der Waals surface area contributed by atoms with Gasteiger partial charge in [-0.15, -0.1) is 0 Å². The normalized spacial score (nSPS) is 11.2. The number of benzene rings is 1. The molecule has 0 aliphatic rings. The third-order valence-corrected chi connectivity index (χ3v) is 3.35. The first-order valence-corrected chi connectivity index (χ1v) is 7.84. The van der Waals surface area contributed by atoms with Gasteiger partial charge in [0, 0.05) is 30.4 Å². The Morgan fingerprint density at radius 2 is 2.09 bits per heavy atom. The molecule has 0 spiro atoms. The van der Waals surface area contributed by atoms with Gasteiger partial charge in [0.2, 0.25) is 5.88 Å². The lowest BCUT2D eigenvalue weighted by Gasteiger charge is -2.11. The summed E-state index contributed by atoms with van der Waals surface area (Å²) in [5, 5.41) is 7.25. The molecular weight excluding hydrogens is 312 g/mol. The van der Waals surface area contributed by atoms with E-state index in [1.54, 1.807) is 13.3 Å². The number of hydrogen-bond donors (Lipinski definition) is 2. The van der Waals surface area contributed by atoms with Gasteiger partial charge in [0.05, 0.1) is 13.7 Å². The predicted molar refractivity (Wildman–Crippen MR) is 93.9 cm³/mol. The van der Waals surface area contributed by atoms with Crippen LogP contribution in [-0.2, 0) is 13.1 Å². The van der Waals surface area contributed by atoms with Gasteiger partial charge in [0.15, 0.2) is 5.96 Å². The minimum Gasteiger partial charge on any atom is -0.481 e. The Hall–Kier alpha value is -2.27. The Balaban J connectivity index is 1.96. The highest BCUT2D eigenvalue weighted by atomic mass is 35.5. The van der Waals surface area contributed by atoms with Gasteiger partial charge in [-0.3, -0.25) is 0 Å². The highest BCUT2D eigenvalue weighted by molar-refractivity contribution is 6.30. The van der Waals surface area contributed by atoms with E-state index >= 15 is 0 Å². The molecule has 0 saturated carbocycles. The molecule has 0 amide bonds. The molecule has 2 rings (SSSR count). The average molecular weight is 333 g/mol. The van der Waals surface area contributed by atoms with E-state index in [2.05, 4.69) is 20.6 Å². The monoisotopic (exact) mass is 332 g/mol. The van der Waals surface area contributed by atoms with Crippen molar-refractivity contribution in [2.75, 3.05) is 13.7 Å². The van der Waals surface area contributed by atoms with Crippen LogP contribution in [0.5, 0.6) is 5.88 Å². The summed E-state index contributed by atoms with van der Waals surface area (Å²) in [6, 6.07) is 11.5. The molecule has 0 saturated heterocycles. The van der Waals surface area contributed by atoms with Gasteiger partial charge in [-0.25, -0.2) is 9.98 Å². The SMILES string of the molecule is CCNC(=NCc1ccc(OC)nc1)NCc1cccc(Cl)c1. The van der Waals surface area contributed by atoms with E-state index in [-0.39, 0.29) is 0 Å². The largest absolute Gasteiger partial charge is 0.481 e. The molecule has 0 aliphatic carbocycles. The van der Waals surface area contributed by atoms with Crippen molar-refractivity contribution in [2.45, 2.75) is 20.0 Å². The maximum absolute atomic E-state index is 6.00. The Morgan fingerprint density at radius 1 is 1.22 bits per heavy atom. The molecule has 6 heteroatoms. The van der Waals surface area contributed by atoms with E-state index < -0.39 is 0 Å². The van der Waals surface area contributed by atoms with Crippen LogP contribution >= 0.6 is 11.6 Å². The molecule has 0 fully saturated rings. The summed E-state index contributed by atoms with van der Waals surface area (Å²) in [6.07, 6.45) is 1.77. The fourth-order valence-electron chi connectivity index (χ4n) is 1.97. The van der Waals surface area contributed by atoms with Crippen molar-refractivity contribution >= 4 is 17.6 Å². The van der Waals surface area contributed by atoms with Crippen LogP contribution in [0.1, 0.15) is 18.1 Å². The molecule has 2 aromatic rings. The minimum absolute atomic E-state index is 0.544. The molecule has 0 atom stereocenters. The van der Waals surface area contributed by atoms with Crippen LogP contribution in [0.25, 0.3) is 0 Å². The number of ether oxygens (including phenoxy) is 1. The fourth-order valence-corrected chi connectivity index (χ4v) is 2.18. The van der Waals surface area contributed by atoms with Crippen LogP contribution in [0.15, 0.2) is 47.6 Å². The fraction of sp³-hybridized carbons (Fsp3) is 0.294. The summed E-state index contributed by atoms with van der Waals surface area (Å²) in [5.41, 5.74) is 2.12. The van der Waals surface area contributed by atoms with Crippen molar-refractivity contribution in [1.29, 1.82) is 0 Å². The molecule has 2 N–H and O–H groups in total. The molecule has 1 aromatic heterocycles. The van der Waals surface area contributed by atoms with Gasteiger partial charge in [-0.05, 0) is 30.2 Å². The van der Waals surface area contributed by atoms with Crippen molar-refractivity contribution in [1.82, 2.24) is 15.6 Å². The van der Waals surface area contributed by atoms with E-state index in [0.717, 1.165) is 28.7 Å². The molecule has 1 heterocycles. The van der Waals surface area contributed by atoms with Crippen LogP contribution in [0.4, 0.5) is 0 Å². The van der Waals surface area contributed by atoms with Crippen LogP contribution in [0.2, 0.25) is 5.02 Å². The average Bonchev–Trinajstić information content (AvgIpc) is 2.58.